The van der Waals surface area contributed by atoms with Crippen molar-refractivity contribution in [3.8, 4) is 0 Å². The fourth-order valence-corrected chi connectivity index (χ4v) is 11.2. The first kappa shape index (κ1) is 32.9. The van der Waals surface area contributed by atoms with Crippen LogP contribution in [0.3, 0.4) is 0 Å². The highest BCUT2D eigenvalue weighted by Crippen LogP contribution is 2.82. The van der Waals surface area contributed by atoms with Gasteiger partial charge in [0.2, 0.25) is 0 Å². The molecule has 29 heteroatoms. The second-order valence-corrected chi connectivity index (χ2v) is 14.5. The lowest BCUT2D eigenvalue weighted by Gasteiger charge is -2.21. The Morgan fingerprint density at radius 1 is 0.400 bits per heavy atom. The van der Waals surface area contributed by atoms with Crippen molar-refractivity contribution in [2.24, 2.45) is 22.6 Å². The van der Waals surface area contributed by atoms with Crippen molar-refractivity contribution < 1.29 is 82.5 Å². The van der Waals surface area contributed by atoms with Crippen LogP contribution in [0.5, 0.6) is 0 Å². The van der Waals surface area contributed by atoms with E-state index in [1.54, 1.807) is 9.03 Å². The lowest BCUT2D eigenvalue weighted by molar-refractivity contribution is -0.153. The number of hydrogen-bond acceptors (Lipinski definition) is 8. The van der Waals surface area contributed by atoms with Crippen LogP contribution in [0.1, 0.15) is 0 Å². The molecule has 1 heterocycles. The summed E-state index contributed by atoms with van der Waals surface area (Å²) in [4.78, 5) is 0. The normalized spacial score (nSPS) is 31.8. The van der Waals surface area contributed by atoms with Crippen LogP contribution in [0.2, 0.25) is 0 Å². The van der Waals surface area contributed by atoms with Gasteiger partial charge in [-0.15, -0.1) is 39.4 Å². The molecule has 0 spiro atoms. The van der Waals surface area contributed by atoms with Gasteiger partial charge in [0.05, 0.1) is 0 Å². The number of rotatable bonds is 6. The molecule has 0 aromatic carbocycles. The molecular formula is C6H6F16N5O3P5. The van der Waals surface area contributed by atoms with E-state index in [-0.39, 0.29) is 0 Å². The van der Waals surface area contributed by atoms with Gasteiger partial charge in [0.15, 0.2) is 19.8 Å². The Morgan fingerprint density at radius 2 is 0.657 bits per heavy atom. The molecule has 3 atom stereocenters. The Bertz CT molecular complexity index is 1040. The molecule has 0 amide bonds. The van der Waals surface area contributed by atoms with Gasteiger partial charge >= 0.3 is 57.4 Å². The third kappa shape index (κ3) is 13.3. The van der Waals surface area contributed by atoms with Crippen molar-refractivity contribution in [3.05, 3.63) is 0 Å². The summed E-state index contributed by atoms with van der Waals surface area (Å²) >= 11 is 0. The zero-order chi connectivity index (χ0) is 27.8. The molecular weight excluding hydrogens is 649 g/mol. The number of hydrogen-bond donors (Lipinski definition) is 0. The average molecular weight is 655 g/mol. The van der Waals surface area contributed by atoms with E-state index in [1.165, 1.54) is 13.5 Å². The molecule has 3 unspecified atom stereocenters. The molecule has 0 aromatic rings. The highest BCUT2D eigenvalue weighted by Gasteiger charge is 2.45. The summed E-state index contributed by atoms with van der Waals surface area (Å²) < 4.78 is 228. The fraction of sp³-hybridized carbons (Fsp3) is 1.00. The largest absolute Gasteiger partial charge is 0.425 e. The first-order valence-corrected chi connectivity index (χ1v) is 14.8. The Balaban J connectivity index is 4.06. The van der Waals surface area contributed by atoms with Gasteiger partial charge in [0.25, 0.3) is 0 Å². The molecule has 8 nitrogen and oxygen atoms in total. The first-order valence-electron chi connectivity index (χ1n) is 7.36. The summed E-state index contributed by atoms with van der Waals surface area (Å²) in [5.41, 5.74) is 0. The van der Waals surface area contributed by atoms with Gasteiger partial charge in [-0.05, 0) is 0 Å². The molecule has 0 aliphatic carbocycles. The molecule has 0 radical (unpaired) electrons. The van der Waals surface area contributed by atoms with Crippen molar-refractivity contribution in [1.82, 2.24) is 0 Å². The third-order valence-electron chi connectivity index (χ3n) is 2.27. The monoisotopic (exact) mass is 655 g/mol. The molecule has 0 fully saturated rings. The third-order valence-corrected chi connectivity index (χ3v) is 12.4. The number of halogens is 16. The van der Waals surface area contributed by atoms with E-state index in [1.807, 2.05) is 0 Å². The maximum atomic E-state index is 14.9. The van der Waals surface area contributed by atoms with Gasteiger partial charge in [-0.1, -0.05) is 0 Å². The van der Waals surface area contributed by atoms with E-state index in [0.717, 1.165) is 0 Å². The zero-order valence-corrected chi connectivity index (χ0v) is 19.8. The molecule has 0 saturated carbocycles. The predicted octanol–water partition coefficient (Wildman–Crippen LogP) is 11.3. The van der Waals surface area contributed by atoms with E-state index >= 15 is 0 Å². The topological polar surface area (TPSA) is 89.5 Å². The summed E-state index contributed by atoms with van der Waals surface area (Å²) in [6.07, 6.45) is -17.0. The second kappa shape index (κ2) is 10.6. The highest BCUT2D eigenvalue weighted by atomic mass is 31.3. The second-order valence-electron chi connectivity index (χ2n) is 5.44. The van der Waals surface area contributed by atoms with Crippen LogP contribution in [0.25, 0.3) is 0 Å². The van der Waals surface area contributed by atoms with Crippen LogP contribution in [-0.4, -0.2) is 38.3 Å². The minimum absolute atomic E-state index is 1.24. The Hall–Kier alpha value is -0.0900. The molecule has 35 heavy (non-hydrogen) atoms. The summed E-state index contributed by atoms with van der Waals surface area (Å²) in [6, 6.07) is 0. The van der Waals surface area contributed by atoms with Gasteiger partial charge in [0, 0.05) is 0 Å². The van der Waals surface area contributed by atoms with Crippen molar-refractivity contribution >= 4 is 38.9 Å². The summed E-state index contributed by atoms with van der Waals surface area (Å²) in [5.74, 6) is 0. The molecule has 1 rings (SSSR count). The van der Waals surface area contributed by atoms with Crippen LogP contribution < -0.4 is 0 Å². The van der Waals surface area contributed by atoms with E-state index in [9.17, 15) is 68.9 Å². The Morgan fingerprint density at radius 3 is 0.971 bits per heavy atom. The van der Waals surface area contributed by atoms with Gasteiger partial charge < -0.3 is 0 Å². The molecule has 1 aliphatic heterocycles. The summed E-state index contributed by atoms with van der Waals surface area (Å²) in [7, 11) is -35.8. The van der Waals surface area contributed by atoms with Crippen molar-refractivity contribution in [3.63, 3.8) is 0 Å². The van der Waals surface area contributed by atoms with Crippen LogP contribution in [0.15, 0.2) is 22.6 Å². The predicted molar refractivity (Wildman–Crippen MR) is 90.5 cm³/mol. The Kier molecular flexibility index (Phi) is 9.96. The molecule has 1 aliphatic rings. The Labute approximate surface area is 183 Å². The van der Waals surface area contributed by atoms with Crippen molar-refractivity contribution in [2.45, 2.75) is 18.5 Å². The van der Waals surface area contributed by atoms with E-state index in [4.69, 9.17) is 0 Å². The molecule has 0 aromatic heterocycles. The van der Waals surface area contributed by atoms with Crippen molar-refractivity contribution in [1.29, 1.82) is 0 Å². The van der Waals surface area contributed by atoms with E-state index in [2.05, 4.69) is 13.6 Å². The van der Waals surface area contributed by atoms with Gasteiger partial charge in [-0.3, -0.25) is 13.6 Å². The molecule has 210 valence electrons. The SMILES string of the molecule is FC(F)(F)COP1(F)=NP(F)(F)=NP(F)(F)=NP(F)(OCC(F)(F)F)=NP(F)(OCC(F)(F)F)=N1. The lowest BCUT2D eigenvalue weighted by Crippen LogP contribution is -2.16. The van der Waals surface area contributed by atoms with Crippen LogP contribution in [-0.2, 0) is 13.6 Å². The van der Waals surface area contributed by atoms with Crippen LogP contribution >= 0.6 is 38.9 Å². The molecule has 0 N–H and O–H groups in total. The highest BCUT2D eigenvalue weighted by molar-refractivity contribution is 7.78. The first-order chi connectivity index (χ1) is 15.2. The average Bonchev–Trinajstić information content (AvgIpc) is 2.52. The van der Waals surface area contributed by atoms with Crippen LogP contribution in [0.4, 0.5) is 68.9 Å². The minimum atomic E-state index is -7.35. The van der Waals surface area contributed by atoms with Crippen LogP contribution in [0, 0.1) is 0 Å². The van der Waals surface area contributed by atoms with Crippen molar-refractivity contribution in [2.75, 3.05) is 19.8 Å². The lowest BCUT2D eigenvalue weighted by atomic mass is 10.7. The van der Waals surface area contributed by atoms with E-state index in [0.29, 0.717) is 0 Å². The number of nitrogens with zero attached hydrogens (tertiary/aromatic N) is 5. The fourth-order valence-electron chi connectivity index (χ4n) is 1.38. The molecule has 0 saturated heterocycles. The quantitative estimate of drug-likeness (QED) is 0.211. The standard InChI is InChI=1S/C6H6F16N5O3P5/c7-4(8,9)1-28-33(20)24-31(16,17)23-32(18,19)25-34(21,29-2-5(10,11)12)27-35(22,26-33)30-3-6(13,14)15/h1-3H2. The summed E-state index contributed by atoms with van der Waals surface area (Å²) in [5, 5.41) is 0. The maximum Gasteiger partial charge on any atom is 0.425 e. The van der Waals surface area contributed by atoms with Gasteiger partial charge in [-0.25, -0.2) is 0 Å². The van der Waals surface area contributed by atoms with E-state index < -0.39 is 77.2 Å². The maximum absolute atomic E-state index is 14.9. The minimum Gasteiger partial charge on any atom is -0.294 e. The smallest absolute Gasteiger partial charge is 0.294 e. The number of alkyl halides is 9. The molecule has 0 bridgehead atoms. The van der Waals surface area contributed by atoms with Gasteiger partial charge in [-0.2, -0.15) is 52.1 Å². The summed E-state index contributed by atoms with van der Waals surface area (Å²) in [6.45, 7) is -8.94. The van der Waals surface area contributed by atoms with Gasteiger partial charge in [0.1, 0.15) is 0 Å². The zero-order valence-electron chi connectivity index (χ0n) is 15.4.